The van der Waals surface area contributed by atoms with E-state index in [2.05, 4.69) is 20.7 Å². The van der Waals surface area contributed by atoms with Gasteiger partial charge in [0.15, 0.2) is 0 Å². The molecule has 2 unspecified atom stereocenters. The highest BCUT2D eigenvalue weighted by atomic mass is 19.1. The Labute approximate surface area is 232 Å². The van der Waals surface area contributed by atoms with Crippen LogP contribution in [0.4, 0.5) is 4.39 Å². The van der Waals surface area contributed by atoms with Gasteiger partial charge in [0.25, 0.3) is 0 Å². The normalized spacial score (nSPS) is 18.3. The minimum atomic E-state index is -0.955. The molecule has 1 saturated heterocycles. The van der Waals surface area contributed by atoms with Gasteiger partial charge in [-0.15, -0.1) is 10.2 Å². The Balaban J connectivity index is 1.40. The number of carbonyl (C=O) groups is 2. The van der Waals surface area contributed by atoms with Crippen LogP contribution in [0.2, 0.25) is 0 Å². The predicted octanol–water partition coefficient (Wildman–Crippen LogP) is 3.69. The number of aromatic nitrogens is 4. The summed E-state index contributed by atoms with van der Waals surface area (Å²) < 4.78 is 24.9. The van der Waals surface area contributed by atoms with Crippen molar-refractivity contribution in [3.05, 3.63) is 59.9 Å². The van der Waals surface area contributed by atoms with Crippen LogP contribution < -0.4 is 10.1 Å². The second kappa shape index (κ2) is 13.0. The number of ether oxygens (including phenoxy) is 2. The molecule has 2 atom stereocenters. The highest BCUT2D eigenvalue weighted by Crippen LogP contribution is 2.27. The molecule has 0 spiro atoms. The first kappa shape index (κ1) is 27.7. The van der Waals surface area contributed by atoms with Crippen molar-refractivity contribution in [2.24, 2.45) is 0 Å². The summed E-state index contributed by atoms with van der Waals surface area (Å²) in [6.07, 6.45) is 6.54. The van der Waals surface area contributed by atoms with Crippen LogP contribution in [-0.2, 0) is 20.9 Å². The van der Waals surface area contributed by atoms with E-state index in [0.29, 0.717) is 23.7 Å². The first-order chi connectivity index (χ1) is 19.5. The van der Waals surface area contributed by atoms with Crippen molar-refractivity contribution in [1.82, 2.24) is 30.4 Å². The molecule has 1 aliphatic carbocycles. The maximum atomic E-state index is 13.9. The Morgan fingerprint density at radius 2 is 1.82 bits per heavy atom. The molecule has 11 heteroatoms. The second-order valence-electron chi connectivity index (χ2n) is 10.4. The van der Waals surface area contributed by atoms with Crippen molar-refractivity contribution in [2.45, 2.75) is 69.7 Å². The summed E-state index contributed by atoms with van der Waals surface area (Å²) in [5, 5.41) is 15.8. The van der Waals surface area contributed by atoms with E-state index < -0.39 is 11.9 Å². The van der Waals surface area contributed by atoms with Crippen molar-refractivity contribution < 1.29 is 23.5 Å². The van der Waals surface area contributed by atoms with Gasteiger partial charge in [-0.3, -0.25) is 9.59 Å². The summed E-state index contributed by atoms with van der Waals surface area (Å²) in [5.74, 6) is 0.0170. The number of methoxy groups -OCH3 is 1. The Morgan fingerprint density at radius 3 is 2.50 bits per heavy atom. The van der Waals surface area contributed by atoms with Gasteiger partial charge in [0.2, 0.25) is 17.6 Å². The fourth-order valence-corrected chi connectivity index (χ4v) is 5.38. The van der Waals surface area contributed by atoms with E-state index >= 15 is 0 Å². The van der Waals surface area contributed by atoms with Crippen LogP contribution in [0.1, 0.15) is 56.6 Å². The predicted molar refractivity (Wildman–Crippen MR) is 145 cm³/mol. The van der Waals surface area contributed by atoms with Crippen molar-refractivity contribution >= 4 is 11.8 Å². The van der Waals surface area contributed by atoms with Crippen molar-refractivity contribution in [3.8, 4) is 17.1 Å². The van der Waals surface area contributed by atoms with Gasteiger partial charge in [-0.05, 0) is 72.9 Å². The van der Waals surface area contributed by atoms with Gasteiger partial charge >= 0.3 is 0 Å². The zero-order valence-corrected chi connectivity index (χ0v) is 22.7. The van der Waals surface area contributed by atoms with Crippen LogP contribution in [-0.4, -0.2) is 69.3 Å². The molecule has 1 saturated carbocycles. The number of rotatable bonds is 10. The van der Waals surface area contributed by atoms with Crippen molar-refractivity contribution in [3.63, 3.8) is 0 Å². The molecule has 0 bridgehead atoms. The third kappa shape index (κ3) is 6.82. The van der Waals surface area contributed by atoms with Crippen LogP contribution in [0.25, 0.3) is 11.4 Å². The quantitative estimate of drug-likeness (QED) is 0.410. The molecule has 5 rings (SSSR count). The maximum Gasteiger partial charge on any atom is 0.247 e. The molecular formula is C29H35FN6O4. The zero-order valence-electron chi connectivity index (χ0n) is 22.7. The van der Waals surface area contributed by atoms with E-state index in [1.165, 1.54) is 21.8 Å². The van der Waals surface area contributed by atoms with E-state index in [4.69, 9.17) is 9.47 Å². The molecule has 2 heterocycles. The number of halogens is 1. The highest BCUT2D eigenvalue weighted by molar-refractivity contribution is 5.89. The third-order valence-corrected chi connectivity index (χ3v) is 7.52. The van der Waals surface area contributed by atoms with E-state index in [0.717, 1.165) is 50.5 Å². The van der Waals surface area contributed by atoms with Gasteiger partial charge in [-0.1, -0.05) is 31.4 Å². The third-order valence-electron chi connectivity index (χ3n) is 7.52. The Bertz CT molecular complexity index is 1270. The Morgan fingerprint density at radius 1 is 1.07 bits per heavy atom. The summed E-state index contributed by atoms with van der Waals surface area (Å²) in [5.41, 5.74) is 1.26. The fraction of sp³-hybridized carbons (Fsp3) is 0.483. The molecular weight excluding hydrogens is 515 g/mol. The summed E-state index contributed by atoms with van der Waals surface area (Å²) in [6, 6.07) is 12.0. The van der Waals surface area contributed by atoms with Crippen LogP contribution in [0, 0.1) is 5.82 Å². The summed E-state index contributed by atoms with van der Waals surface area (Å²) >= 11 is 0. The summed E-state index contributed by atoms with van der Waals surface area (Å²) in [4.78, 5) is 30.4. The minimum Gasteiger partial charge on any atom is -0.497 e. The molecule has 3 aromatic rings. The smallest absolute Gasteiger partial charge is 0.247 e. The van der Waals surface area contributed by atoms with Crippen LogP contribution >= 0.6 is 0 Å². The standard InChI is InChI=1S/C29H35FN6O4/c1-39-24-15-11-21(12-16-24)28-32-34-36(33-28)19-26(37)35(18-25-8-5-17-40-25)27(20-9-13-22(30)14-10-20)29(38)31-23-6-3-2-4-7-23/h9-16,23,25,27H,2-8,17-19H2,1H3,(H,31,38). The number of amides is 2. The summed E-state index contributed by atoms with van der Waals surface area (Å²) in [6.45, 7) is 0.612. The van der Waals surface area contributed by atoms with Gasteiger partial charge in [-0.25, -0.2) is 4.39 Å². The van der Waals surface area contributed by atoms with Crippen molar-refractivity contribution in [1.29, 1.82) is 0 Å². The largest absolute Gasteiger partial charge is 0.497 e. The van der Waals surface area contributed by atoms with Gasteiger partial charge < -0.3 is 19.7 Å². The topological polar surface area (TPSA) is 111 Å². The van der Waals surface area contributed by atoms with Gasteiger partial charge in [0, 0.05) is 24.8 Å². The minimum absolute atomic E-state index is 0.0490. The van der Waals surface area contributed by atoms with Crippen LogP contribution in [0.5, 0.6) is 5.75 Å². The Kier molecular flexibility index (Phi) is 9.00. The molecule has 1 aromatic heterocycles. The molecule has 1 N–H and O–H groups in total. The van der Waals surface area contributed by atoms with E-state index in [9.17, 15) is 14.0 Å². The number of hydrogen-bond donors (Lipinski definition) is 1. The van der Waals surface area contributed by atoms with Crippen LogP contribution in [0.3, 0.4) is 0 Å². The lowest BCUT2D eigenvalue weighted by atomic mass is 9.94. The van der Waals surface area contributed by atoms with Crippen LogP contribution in [0.15, 0.2) is 48.5 Å². The lowest BCUT2D eigenvalue weighted by Crippen LogP contribution is -2.50. The van der Waals surface area contributed by atoms with Gasteiger partial charge in [0.1, 0.15) is 24.2 Å². The van der Waals surface area contributed by atoms with E-state index in [-0.39, 0.29) is 37.0 Å². The molecule has 40 heavy (non-hydrogen) atoms. The number of nitrogens with one attached hydrogen (secondary N) is 1. The molecule has 10 nitrogen and oxygen atoms in total. The number of benzene rings is 2. The average molecular weight is 551 g/mol. The molecule has 2 aromatic carbocycles. The first-order valence-corrected chi connectivity index (χ1v) is 13.9. The molecule has 0 radical (unpaired) electrons. The van der Waals surface area contributed by atoms with E-state index in [1.54, 1.807) is 31.4 Å². The molecule has 212 valence electrons. The summed E-state index contributed by atoms with van der Waals surface area (Å²) in [7, 11) is 1.59. The number of carbonyl (C=O) groups excluding carboxylic acids is 2. The van der Waals surface area contributed by atoms with Crippen molar-refractivity contribution in [2.75, 3.05) is 20.3 Å². The fourth-order valence-electron chi connectivity index (χ4n) is 5.38. The SMILES string of the molecule is COc1ccc(-c2nnn(CC(=O)N(CC3CCCO3)C(C(=O)NC3CCCCC3)c3ccc(F)cc3)n2)cc1. The molecule has 2 amide bonds. The molecule has 1 aliphatic heterocycles. The number of nitrogens with zero attached hydrogens (tertiary/aromatic N) is 5. The first-order valence-electron chi connectivity index (χ1n) is 13.9. The molecule has 2 aliphatic rings. The second-order valence-corrected chi connectivity index (χ2v) is 10.4. The number of hydrogen-bond acceptors (Lipinski definition) is 7. The monoisotopic (exact) mass is 550 g/mol. The van der Waals surface area contributed by atoms with Gasteiger partial charge in [0.05, 0.1) is 13.2 Å². The lowest BCUT2D eigenvalue weighted by Gasteiger charge is -2.34. The number of tetrazole rings is 1. The zero-order chi connectivity index (χ0) is 27.9. The highest BCUT2D eigenvalue weighted by Gasteiger charge is 2.35. The lowest BCUT2D eigenvalue weighted by molar-refractivity contribution is -0.143. The Hall–Kier alpha value is -3.86. The van der Waals surface area contributed by atoms with E-state index in [1.807, 2.05) is 12.1 Å². The maximum absolute atomic E-state index is 13.9. The molecule has 2 fully saturated rings. The average Bonchev–Trinajstić information content (AvgIpc) is 3.67. The van der Waals surface area contributed by atoms with Gasteiger partial charge in [-0.2, -0.15) is 4.80 Å².